The number of halogens is 1. The van der Waals surface area contributed by atoms with Crippen molar-refractivity contribution >= 4 is 21.4 Å². The molecule has 5 heteroatoms. The Hall–Kier alpha value is -0.740. The largest absolute Gasteiger partial charge is 0.490 e. The fraction of sp³-hybridized carbons (Fsp3) is 0.455. The molecule has 0 aromatic heterocycles. The third-order valence-electron chi connectivity index (χ3n) is 2.57. The van der Waals surface area contributed by atoms with E-state index in [1.807, 2.05) is 0 Å². The minimum atomic E-state index is -3.17. The standard InChI is InChI=1S/C11H13ClO3S/c1-16(13,14)11-4-2-3-9(7-11)15-10-5-8(12)6-10/h2-4,7-8,10H,5-6H2,1H3. The predicted molar refractivity (Wildman–Crippen MR) is 62.8 cm³/mol. The highest BCUT2D eigenvalue weighted by atomic mass is 35.5. The second kappa shape index (κ2) is 4.26. The molecule has 88 valence electrons. The zero-order chi connectivity index (χ0) is 11.8. The van der Waals surface area contributed by atoms with Crippen LogP contribution < -0.4 is 4.74 Å². The molecule has 1 fully saturated rings. The van der Waals surface area contributed by atoms with Gasteiger partial charge in [-0.1, -0.05) is 6.07 Å². The van der Waals surface area contributed by atoms with Gasteiger partial charge in [0.25, 0.3) is 0 Å². The molecule has 2 rings (SSSR count). The molecule has 0 amide bonds. The summed E-state index contributed by atoms with van der Waals surface area (Å²) in [6.45, 7) is 0. The molecule has 1 aromatic rings. The Morgan fingerprint density at radius 3 is 2.62 bits per heavy atom. The monoisotopic (exact) mass is 260 g/mol. The van der Waals surface area contributed by atoms with Gasteiger partial charge in [-0.05, 0) is 18.2 Å². The van der Waals surface area contributed by atoms with Gasteiger partial charge < -0.3 is 4.74 Å². The molecule has 0 unspecified atom stereocenters. The third kappa shape index (κ3) is 2.68. The number of sulfone groups is 1. The summed E-state index contributed by atoms with van der Waals surface area (Å²) in [5.74, 6) is 0.594. The molecule has 0 N–H and O–H groups in total. The van der Waals surface area contributed by atoms with Gasteiger partial charge in [0.15, 0.2) is 9.84 Å². The van der Waals surface area contributed by atoms with Crippen LogP contribution in [0.1, 0.15) is 12.8 Å². The lowest BCUT2D eigenvalue weighted by Gasteiger charge is -2.31. The number of ether oxygens (including phenoxy) is 1. The molecule has 1 aliphatic rings. The van der Waals surface area contributed by atoms with Crippen molar-refractivity contribution in [3.8, 4) is 5.75 Å². The topological polar surface area (TPSA) is 43.4 Å². The molecule has 0 aliphatic heterocycles. The van der Waals surface area contributed by atoms with Crippen molar-refractivity contribution in [2.45, 2.75) is 29.2 Å². The zero-order valence-corrected chi connectivity index (χ0v) is 10.5. The first-order chi connectivity index (χ1) is 7.45. The minimum Gasteiger partial charge on any atom is -0.490 e. The molecule has 0 heterocycles. The fourth-order valence-electron chi connectivity index (χ4n) is 1.57. The second-order valence-corrected chi connectivity index (χ2v) is 6.69. The Morgan fingerprint density at radius 2 is 2.06 bits per heavy atom. The van der Waals surface area contributed by atoms with E-state index < -0.39 is 9.84 Å². The van der Waals surface area contributed by atoms with E-state index in [1.165, 1.54) is 6.26 Å². The van der Waals surface area contributed by atoms with Gasteiger partial charge in [0.2, 0.25) is 0 Å². The molecule has 1 aromatic carbocycles. The molecule has 0 atom stereocenters. The first-order valence-corrected chi connectivity index (χ1v) is 7.39. The lowest BCUT2D eigenvalue weighted by atomic mass is 9.95. The maximum atomic E-state index is 11.3. The van der Waals surface area contributed by atoms with Crippen LogP contribution in [0.4, 0.5) is 0 Å². The fourth-order valence-corrected chi connectivity index (χ4v) is 2.62. The molecule has 16 heavy (non-hydrogen) atoms. The summed E-state index contributed by atoms with van der Waals surface area (Å²) in [6.07, 6.45) is 2.96. The molecule has 0 bridgehead atoms. The molecular weight excluding hydrogens is 248 g/mol. The van der Waals surface area contributed by atoms with E-state index >= 15 is 0 Å². The summed E-state index contributed by atoms with van der Waals surface area (Å²) < 4.78 is 28.3. The van der Waals surface area contributed by atoms with Gasteiger partial charge in [-0.25, -0.2) is 8.42 Å². The van der Waals surface area contributed by atoms with Crippen molar-refractivity contribution in [3.05, 3.63) is 24.3 Å². The number of rotatable bonds is 3. The van der Waals surface area contributed by atoms with Crippen LogP contribution in [-0.4, -0.2) is 26.2 Å². The SMILES string of the molecule is CS(=O)(=O)c1cccc(OC2CC(Cl)C2)c1. The Kier molecular flexibility index (Phi) is 3.13. The van der Waals surface area contributed by atoms with Gasteiger partial charge in [0, 0.05) is 24.5 Å². The number of hydrogen-bond donors (Lipinski definition) is 0. The van der Waals surface area contributed by atoms with E-state index in [0.717, 1.165) is 12.8 Å². The van der Waals surface area contributed by atoms with Crippen molar-refractivity contribution in [2.75, 3.05) is 6.26 Å². The molecular formula is C11H13ClO3S. The van der Waals surface area contributed by atoms with Gasteiger partial charge in [-0.15, -0.1) is 11.6 Å². The summed E-state index contributed by atoms with van der Waals surface area (Å²) in [6, 6.07) is 6.56. The van der Waals surface area contributed by atoms with E-state index in [2.05, 4.69) is 0 Å². The van der Waals surface area contributed by atoms with Crippen molar-refractivity contribution in [3.63, 3.8) is 0 Å². The highest BCUT2D eigenvalue weighted by molar-refractivity contribution is 7.90. The van der Waals surface area contributed by atoms with Gasteiger partial charge >= 0.3 is 0 Å². The van der Waals surface area contributed by atoms with E-state index in [0.29, 0.717) is 5.75 Å². The number of benzene rings is 1. The van der Waals surface area contributed by atoms with E-state index in [1.54, 1.807) is 24.3 Å². The highest BCUT2D eigenvalue weighted by Gasteiger charge is 2.29. The van der Waals surface area contributed by atoms with Crippen molar-refractivity contribution in [1.29, 1.82) is 0 Å². The molecule has 0 radical (unpaired) electrons. The molecule has 0 saturated heterocycles. The van der Waals surface area contributed by atoms with Gasteiger partial charge in [0.1, 0.15) is 11.9 Å². The third-order valence-corrected chi connectivity index (χ3v) is 4.04. The lowest BCUT2D eigenvalue weighted by Crippen LogP contribution is -2.34. The Morgan fingerprint density at radius 1 is 1.38 bits per heavy atom. The average Bonchev–Trinajstić information content (AvgIpc) is 2.14. The quantitative estimate of drug-likeness (QED) is 0.783. The van der Waals surface area contributed by atoms with E-state index in [4.69, 9.17) is 16.3 Å². The van der Waals surface area contributed by atoms with Crippen LogP contribution in [0.25, 0.3) is 0 Å². The van der Waals surface area contributed by atoms with Gasteiger partial charge in [-0.2, -0.15) is 0 Å². The Labute approximate surface area is 100 Å². The summed E-state index contributed by atoms with van der Waals surface area (Å²) in [5.41, 5.74) is 0. The van der Waals surface area contributed by atoms with Crippen LogP contribution >= 0.6 is 11.6 Å². The van der Waals surface area contributed by atoms with Crippen LogP contribution in [0.2, 0.25) is 0 Å². The van der Waals surface area contributed by atoms with Gasteiger partial charge in [-0.3, -0.25) is 0 Å². The Bertz CT molecular complexity index is 478. The van der Waals surface area contributed by atoms with Crippen molar-refractivity contribution in [2.24, 2.45) is 0 Å². The van der Waals surface area contributed by atoms with E-state index in [-0.39, 0.29) is 16.4 Å². The van der Waals surface area contributed by atoms with E-state index in [9.17, 15) is 8.42 Å². The summed E-state index contributed by atoms with van der Waals surface area (Å²) in [4.78, 5) is 0.284. The summed E-state index contributed by atoms with van der Waals surface area (Å²) in [5, 5.41) is 0.197. The molecule has 3 nitrogen and oxygen atoms in total. The van der Waals surface area contributed by atoms with Gasteiger partial charge in [0.05, 0.1) is 4.90 Å². The zero-order valence-electron chi connectivity index (χ0n) is 8.89. The average molecular weight is 261 g/mol. The summed E-state index contributed by atoms with van der Waals surface area (Å²) >= 11 is 5.84. The van der Waals surface area contributed by atoms with Crippen LogP contribution in [-0.2, 0) is 9.84 Å². The second-order valence-electron chi connectivity index (χ2n) is 4.06. The minimum absolute atomic E-state index is 0.123. The van der Waals surface area contributed by atoms with Crippen LogP contribution in [0.3, 0.4) is 0 Å². The molecule has 0 spiro atoms. The van der Waals surface area contributed by atoms with Crippen LogP contribution in [0.15, 0.2) is 29.2 Å². The van der Waals surface area contributed by atoms with Crippen molar-refractivity contribution < 1.29 is 13.2 Å². The predicted octanol–water partition coefficient (Wildman–Crippen LogP) is 2.24. The smallest absolute Gasteiger partial charge is 0.175 e. The summed E-state index contributed by atoms with van der Waals surface area (Å²) in [7, 11) is -3.17. The lowest BCUT2D eigenvalue weighted by molar-refractivity contribution is 0.124. The highest BCUT2D eigenvalue weighted by Crippen LogP contribution is 2.30. The van der Waals surface area contributed by atoms with Crippen LogP contribution in [0, 0.1) is 0 Å². The number of alkyl halides is 1. The molecule has 1 aliphatic carbocycles. The molecule has 1 saturated carbocycles. The maximum Gasteiger partial charge on any atom is 0.175 e. The first kappa shape index (κ1) is 11.7. The normalized spacial score (nSPS) is 24.9. The maximum absolute atomic E-state index is 11.3. The number of hydrogen-bond acceptors (Lipinski definition) is 3. The van der Waals surface area contributed by atoms with Crippen molar-refractivity contribution in [1.82, 2.24) is 0 Å². The Balaban J connectivity index is 2.11. The van der Waals surface area contributed by atoms with Crippen LogP contribution in [0.5, 0.6) is 5.75 Å². The first-order valence-electron chi connectivity index (χ1n) is 5.06.